The summed E-state index contributed by atoms with van der Waals surface area (Å²) in [6, 6.07) is 7.70. The van der Waals surface area contributed by atoms with Crippen LogP contribution in [-0.2, 0) is 27.4 Å². The zero-order valence-corrected chi connectivity index (χ0v) is 14.3. The van der Waals surface area contributed by atoms with Crippen LogP contribution in [0.1, 0.15) is 31.4 Å². The lowest BCUT2D eigenvalue weighted by Crippen LogP contribution is -2.31. The molecule has 0 aromatic heterocycles. The molecule has 1 fully saturated rings. The number of hydrogen-bond acceptors (Lipinski definition) is 4. The van der Waals surface area contributed by atoms with Crippen molar-refractivity contribution in [2.45, 2.75) is 45.5 Å². The second kappa shape index (κ2) is 8.26. The molecule has 6 nitrogen and oxygen atoms in total. The van der Waals surface area contributed by atoms with Gasteiger partial charge in [0.2, 0.25) is 11.8 Å². The predicted octanol–water partition coefficient (Wildman–Crippen LogP) is 0.849. The fraction of sp³-hybridized carbons (Fsp3) is 0.556. The minimum Gasteiger partial charge on any atom is -0.391 e. The summed E-state index contributed by atoms with van der Waals surface area (Å²) in [5.41, 5.74) is 7.11. The van der Waals surface area contributed by atoms with Gasteiger partial charge in [0.1, 0.15) is 0 Å². The standard InChI is InChI=1S/C18H26N2O4/c1-12(2)24-11-14-6-4-3-5-13(14)8-18(23)20-9-15(7-17(19)22)16(21)10-20/h3-6,12,15-16,21H,7-11H2,1-2H3,(H2,19,22)/t15-,16-/m1/s1. The number of carbonyl (C=O) groups is 2. The van der Waals surface area contributed by atoms with Crippen molar-refractivity contribution in [3.05, 3.63) is 35.4 Å². The van der Waals surface area contributed by atoms with Gasteiger partial charge in [-0.3, -0.25) is 9.59 Å². The molecule has 0 spiro atoms. The average Bonchev–Trinajstić information content (AvgIpc) is 2.87. The van der Waals surface area contributed by atoms with Gasteiger partial charge in [-0.05, 0) is 25.0 Å². The number of carbonyl (C=O) groups excluding carboxylic acids is 2. The Balaban J connectivity index is 1.99. The van der Waals surface area contributed by atoms with E-state index in [0.29, 0.717) is 13.2 Å². The summed E-state index contributed by atoms with van der Waals surface area (Å²) >= 11 is 0. The highest BCUT2D eigenvalue weighted by molar-refractivity contribution is 5.80. The molecule has 2 atom stereocenters. The molecule has 3 N–H and O–H groups in total. The molecule has 0 radical (unpaired) electrons. The Morgan fingerprint density at radius 1 is 1.29 bits per heavy atom. The van der Waals surface area contributed by atoms with Crippen LogP contribution < -0.4 is 5.73 Å². The Kier molecular flexibility index (Phi) is 6.34. The lowest BCUT2D eigenvalue weighted by molar-refractivity contribution is -0.130. The normalized spacial score (nSPS) is 20.6. The monoisotopic (exact) mass is 334 g/mol. The summed E-state index contributed by atoms with van der Waals surface area (Å²) in [6.07, 6.45) is -0.213. The van der Waals surface area contributed by atoms with Crippen LogP contribution in [0.25, 0.3) is 0 Å². The van der Waals surface area contributed by atoms with Gasteiger partial charge in [-0.25, -0.2) is 0 Å². The van der Waals surface area contributed by atoms with Crippen molar-refractivity contribution in [1.82, 2.24) is 4.90 Å². The van der Waals surface area contributed by atoms with Gasteiger partial charge < -0.3 is 20.5 Å². The first-order valence-electron chi connectivity index (χ1n) is 8.29. The minimum absolute atomic E-state index is 0.0574. The van der Waals surface area contributed by atoms with E-state index in [4.69, 9.17) is 10.5 Å². The molecule has 1 aromatic carbocycles. The molecule has 0 saturated carbocycles. The van der Waals surface area contributed by atoms with E-state index < -0.39 is 12.0 Å². The fourth-order valence-corrected chi connectivity index (χ4v) is 2.92. The summed E-state index contributed by atoms with van der Waals surface area (Å²) in [4.78, 5) is 25.2. The summed E-state index contributed by atoms with van der Waals surface area (Å²) in [5.74, 6) is -0.784. The van der Waals surface area contributed by atoms with E-state index in [-0.39, 0.29) is 37.3 Å². The second-order valence-electron chi connectivity index (χ2n) is 6.60. The molecular weight excluding hydrogens is 308 g/mol. The van der Waals surface area contributed by atoms with Crippen molar-refractivity contribution in [2.24, 2.45) is 11.7 Å². The molecule has 132 valence electrons. The number of amides is 2. The van der Waals surface area contributed by atoms with Crippen molar-refractivity contribution in [1.29, 1.82) is 0 Å². The number of primary amides is 1. The summed E-state index contributed by atoms with van der Waals surface area (Å²) in [7, 11) is 0. The van der Waals surface area contributed by atoms with Crippen molar-refractivity contribution >= 4 is 11.8 Å². The van der Waals surface area contributed by atoms with Gasteiger partial charge in [-0.15, -0.1) is 0 Å². The van der Waals surface area contributed by atoms with Crippen LogP contribution in [0.2, 0.25) is 0 Å². The van der Waals surface area contributed by atoms with E-state index in [2.05, 4.69) is 0 Å². The second-order valence-corrected chi connectivity index (χ2v) is 6.60. The summed E-state index contributed by atoms with van der Waals surface area (Å²) < 4.78 is 5.64. The number of aliphatic hydroxyl groups excluding tert-OH is 1. The first kappa shape index (κ1) is 18.4. The Bertz CT molecular complexity index is 588. The number of likely N-dealkylation sites (tertiary alicyclic amines) is 1. The van der Waals surface area contributed by atoms with E-state index >= 15 is 0 Å². The van der Waals surface area contributed by atoms with Crippen LogP contribution in [-0.4, -0.2) is 47.1 Å². The fourth-order valence-electron chi connectivity index (χ4n) is 2.92. The highest BCUT2D eigenvalue weighted by atomic mass is 16.5. The Morgan fingerprint density at radius 2 is 1.96 bits per heavy atom. The molecule has 1 aromatic rings. The zero-order valence-electron chi connectivity index (χ0n) is 14.3. The van der Waals surface area contributed by atoms with E-state index in [1.54, 1.807) is 4.90 Å². The highest BCUT2D eigenvalue weighted by Crippen LogP contribution is 2.22. The number of nitrogens with two attached hydrogens (primary N) is 1. The molecule has 0 aliphatic carbocycles. The maximum atomic E-state index is 12.5. The quantitative estimate of drug-likeness (QED) is 0.773. The SMILES string of the molecule is CC(C)OCc1ccccc1CC(=O)N1C[C@@H](CC(N)=O)[C@H](O)C1. The van der Waals surface area contributed by atoms with E-state index in [1.807, 2.05) is 38.1 Å². The average molecular weight is 334 g/mol. The molecule has 6 heteroatoms. The van der Waals surface area contributed by atoms with Gasteiger partial charge in [0.15, 0.2) is 0 Å². The van der Waals surface area contributed by atoms with Crippen LogP contribution >= 0.6 is 0 Å². The third kappa shape index (κ3) is 5.04. The lowest BCUT2D eigenvalue weighted by atomic mass is 10.0. The zero-order chi connectivity index (χ0) is 17.7. The van der Waals surface area contributed by atoms with Gasteiger partial charge in [-0.1, -0.05) is 24.3 Å². The number of β-amino-alcohol motifs (C(OH)–C–C–N with tert-alkyl or cyclic N) is 1. The summed E-state index contributed by atoms with van der Waals surface area (Å²) in [5, 5.41) is 10.0. The van der Waals surface area contributed by atoms with Gasteiger partial charge in [0, 0.05) is 25.4 Å². The smallest absolute Gasteiger partial charge is 0.227 e. The Morgan fingerprint density at radius 3 is 2.58 bits per heavy atom. The van der Waals surface area contributed by atoms with E-state index in [0.717, 1.165) is 11.1 Å². The molecular formula is C18H26N2O4. The molecule has 0 bridgehead atoms. The molecule has 2 amide bonds. The number of nitrogens with zero attached hydrogens (tertiary/aromatic N) is 1. The Hall–Kier alpha value is -1.92. The highest BCUT2D eigenvalue weighted by Gasteiger charge is 2.34. The number of rotatable bonds is 7. The van der Waals surface area contributed by atoms with Crippen LogP contribution in [0.15, 0.2) is 24.3 Å². The predicted molar refractivity (Wildman–Crippen MR) is 90.0 cm³/mol. The number of benzene rings is 1. The van der Waals surface area contributed by atoms with Gasteiger partial charge >= 0.3 is 0 Å². The van der Waals surface area contributed by atoms with Crippen molar-refractivity contribution in [3.8, 4) is 0 Å². The van der Waals surface area contributed by atoms with Gasteiger partial charge in [-0.2, -0.15) is 0 Å². The van der Waals surface area contributed by atoms with E-state index in [1.165, 1.54) is 0 Å². The first-order valence-corrected chi connectivity index (χ1v) is 8.29. The molecule has 1 heterocycles. The topological polar surface area (TPSA) is 92.9 Å². The van der Waals surface area contributed by atoms with Crippen LogP contribution in [0.3, 0.4) is 0 Å². The number of hydrogen-bond donors (Lipinski definition) is 2. The first-order chi connectivity index (χ1) is 11.4. The summed E-state index contributed by atoms with van der Waals surface area (Å²) in [6.45, 7) is 5.03. The van der Waals surface area contributed by atoms with Gasteiger partial charge in [0.05, 0.1) is 25.2 Å². The number of aliphatic hydroxyl groups is 1. The van der Waals surface area contributed by atoms with E-state index in [9.17, 15) is 14.7 Å². The maximum absolute atomic E-state index is 12.5. The van der Waals surface area contributed by atoms with Gasteiger partial charge in [0.25, 0.3) is 0 Å². The largest absolute Gasteiger partial charge is 0.391 e. The van der Waals surface area contributed by atoms with Crippen LogP contribution in [0, 0.1) is 5.92 Å². The lowest BCUT2D eigenvalue weighted by Gasteiger charge is -2.18. The third-order valence-electron chi connectivity index (χ3n) is 4.25. The van der Waals surface area contributed by atoms with Crippen molar-refractivity contribution < 1.29 is 19.4 Å². The molecule has 0 unspecified atom stereocenters. The van der Waals surface area contributed by atoms with Crippen LogP contribution in [0.4, 0.5) is 0 Å². The van der Waals surface area contributed by atoms with Crippen molar-refractivity contribution in [2.75, 3.05) is 13.1 Å². The molecule has 2 rings (SSSR count). The molecule has 1 aliphatic rings. The molecule has 1 saturated heterocycles. The molecule has 24 heavy (non-hydrogen) atoms. The number of ether oxygens (including phenoxy) is 1. The Labute approximate surface area is 142 Å². The maximum Gasteiger partial charge on any atom is 0.227 e. The van der Waals surface area contributed by atoms with Crippen LogP contribution in [0.5, 0.6) is 0 Å². The third-order valence-corrected chi connectivity index (χ3v) is 4.25. The van der Waals surface area contributed by atoms with Crippen molar-refractivity contribution in [3.63, 3.8) is 0 Å². The molecule has 1 aliphatic heterocycles. The minimum atomic E-state index is -0.694.